The lowest BCUT2D eigenvalue weighted by molar-refractivity contribution is 0.0657. The maximum absolute atomic E-state index is 11.0. The fourth-order valence-electron chi connectivity index (χ4n) is 2.72. The van der Waals surface area contributed by atoms with E-state index in [0.29, 0.717) is 12.6 Å². The van der Waals surface area contributed by atoms with E-state index < -0.39 is 5.97 Å². The van der Waals surface area contributed by atoms with Crippen LogP contribution in [0.15, 0.2) is 16.7 Å². The van der Waals surface area contributed by atoms with Crippen molar-refractivity contribution in [2.45, 2.75) is 32.4 Å². The van der Waals surface area contributed by atoms with E-state index in [0.717, 1.165) is 38.0 Å². The molecule has 0 atom stereocenters. The Morgan fingerprint density at radius 3 is 2.79 bits per heavy atom. The van der Waals surface area contributed by atoms with E-state index in [9.17, 15) is 4.79 Å². The molecule has 1 N–H and O–H groups in total. The molecule has 0 bridgehead atoms. The Hall–Kier alpha value is -1.33. The van der Waals surface area contributed by atoms with Gasteiger partial charge in [-0.2, -0.15) is 0 Å². The molecule has 1 fully saturated rings. The smallest absolute Gasteiger partial charge is 0.372 e. The SMILES string of the molecule is CCN1CCC(N(C)Cc2ccoc2C(=O)O)CC1. The summed E-state index contributed by atoms with van der Waals surface area (Å²) < 4.78 is 5.01. The number of aromatic carboxylic acids is 1. The van der Waals surface area contributed by atoms with Crippen LogP contribution in [-0.4, -0.2) is 53.6 Å². The van der Waals surface area contributed by atoms with Crippen LogP contribution >= 0.6 is 0 Å². The van der Waals surface area contributed by atoms with Crippen molar-refractivity contribution in [2.75, 3.05) is 26.7 Å². The van der Waals surface area contributed by atoms with Gasteiger partial charge >= 0.3 is 5.97 Å². The minimum absolute atomic E-state index is 0.0674. The number of piperidine rings is 1. The van der Waals surface area contributed by atoms with Crippen molar-refractivity contribution in [1.29, 1.82) is 0 Å². The van der Waals surface area contributed by atoms with E-state index in [1.54, 1.807) is 6.07 Å². The van der Waals surface area contributed by atoms with Crippen LogP contribution in [0.3, 0.4) is 0 Å². The van der Waals surface area contributed by atoms with Crippen molar-refractivity contribution in [3.05, 3.63) is 23.7 Å². The Kier molecular flexibility index (Phi) is 4.61. The molecule has 0 aliphatic carbocycles. The van der Waals surface area contributed by atoms with Gasteiger partial charge in [0, 0.05) is 18.2 Å². The summed E-state index contributed by atoms with van der Waals surface area (Å²) in [4.78, 5) is 15.7. The highest BCUT2D eigenvalue weighted by molar-refractivity contribution is 5.86. The van der Waals surface area contributed by atoms with Crippen molar-refractivity contribution < 1.29 is 14.3 Å². The predicted octanol–water partition coefficient (Wildman–Crippen LogP) is 1.89. The zero-order valence-corrected chi connectivity index (χ0v) is 11.6. The molecule has 0 amide bonds. The number of carbonyl (C=O) groups is 1. The van der Waals surface area contributed by atoms with E-state index in [4.69, 9.17) is 9.52 Å². The number of nitrogens with zero attached hydrogens (tertiary/aromatic N) is 2. The summed E-state index contributed by atoms with van der Waals surface area (Å²) in [6.45, 7) is 6.19. The first-order chi connectivity index (χ1) is 9.11. The van der Waals surface area contributed by atoms with Gasteiger partial charge in [-0.25, -0.2) is 4.79 Å². The minimum Gasteiger partial charge on any atom is -0.475 e. The zero-order chi connectivity index (χ0) is 13.8. The second kappa shape index (κ2) is 6.21. The molecule has 0 aromatic carbocycles. The topological polar surface area (TPSA) is 56.9 Å². The Morgan fingerprint density at radius 1 is 1.53 bits per heavy atom. The third-order valence-corrected chi connectivity index (χ3v) is 3.99. The summed E-state index contributed by atoms with van der Waals surface area (Å²) in [6.07, 6.45) is 3.74. The second-order valence-corrected chi connectivity index (χ2v) is 5.16. The lowest BCUT2D eigenvalue weighted by Gasteiger charge is -2.36. The van der Waals surface area contributed by atoms with Crippen LogP contribution in [0.1, 0.15) is 35.9 Å². The predicted molar refractivity (Wildman–Crippen MR) is 72.3 cm³/mol. The molecule has 2 rings (SSSR count). The first kappa shape index (κ1) is 14.1. The molecule has 0 spiro atoms. The quantitative estimate of drug-likeness (QED) is 0.882. The number of furan rings is 1. The van der Waals surface area contributed by atoms with Crippen LogP contribution in [0.2, 0.25) is 0 Å². The number of rotatable bonds is 5. The van der Waals surface area contributed by atoms with Crippen LogP contribution in [-0.2, 0) is 6.54 Å². The first-order valence-electron chi connectivity index (χ1n) is 6.84. The van der Waals surface area contributed by atoms with Gasteiger partial charge in [-0.1, -0.05) is 6.92 Å². The van der Waals surface area contributed by atoms with Crippen LogP contribution in [0.5, 0.6) is 0 Å². The molecule has 0 radical (unpaired) electrons. The van der Waals surface area contributed by atoms with Gasteiger partial charge in [-0.3, -0.25) is 4.90 Å². The van der Waals surface area contributed by atoms with Gasteiger partial charge in [0.25, 0.3) is 0 Å². The number of carboxylic acids is 1. The summed E-state index contributed by atoms with van der Waals surface area (Å²) in [5.41, 5.74) is 0.757. The molecule has 1 saturated heterocycles. The minimum atomic E-state index is -0.991. The standard InChI is InChI=1S/C14H22N2O3/c1-3-16-7-4-12(5-8-16)15(2)10-11-6-9-19-13(11)14(17)18/h6,9,12H,3-5,7-8,10H2,1-2H3,(H,17,18). The number of hydrogen-bond donors (Lipinski definition) is 1. The molecule has 106 valence electrons. The highest BCUT2D eigenvalue weighted by Crippen LogP contribution is 2.19. The summed E-state index contributed by atoms with van der Waals surface area (Å²) >= 11 is 0. The Morgan fingerprint density at radius 2 is 2.21 bits per heavy atom. The lowest BCUT2D eigenvalue weighted by Crippen LogP contribution is -2.43. The van der Waals surface area contributed by atoms with Crippen molar-refractivity contribution in [2.24, 2.45) is 0 Å². The van der Waals surface area contributed by atoms with Gasteiger partial charge in [-0.05, 0) is 45.6 Å². The van der Waals surface area contributed by atoms with Gasteiger partial charge < -0.3 is 14.4 Å². The third-order valence-electron chi connectivity index (χ3n) is 3.99. The molecule has 5 heteroatoms. The molecule has 1 aromatic heterocycles. The normalized spacial score (nSPS) is 18.1. The number of carboxylic acid groups (broad SMARTS) is 1. The fraction of sp³-hybridized carbons (Fsp3) is 0.643. The summed E-state index contributed by atoms with van der Waals surface area (Å²) in [5, 5.41) is 9.03. The van der Waals surface area contributed by atoms with Crippen LogP contribution < -0.4 is 0 Å². The fourth-order valence-corrected chi connectivity index (χ4v) is 2.72. The Bertz CT molecular complexity index is 422. The maximum atomic E-state index is 11.0. The Balaban J connectivity index is 1.92. The highest BCUT2D eigenvalue weighted by Gasteiger charge is 2.23. The molecule has 19 heavy (non-hydrogen) atoms. The van der Waals surface area contributed by atoms with Gasteiger partial charge in [0.2, 0.25) is 5.76 Å². The molecule has 0 unspecified atom stereocenters. The largest absolute Gasteiger partial charge is 0.475 e. The van der Waals surface area contributed by atoms with Crippen molar-refractivity contribution in [3.8, 4) is 0 Å². The molecule has 1 aromatic rings. The average Bonchev–Trinajstić information content (AvgIpc) is 2.87. The van der Waals surface area contributed by atoms with Crippen LogP contribution in [0.4, 0.5) is 0 Å². The van der Waals surface area contributed by atoms with E-state index in [-0.39, 0.29) is 5.76 Å². The maximum Gasteiger partial charge on any atom is 0.372 e. The summed E-state index contributed by atoms with van der Waals surface area (Å²) in [5.74, 6) is -0.924. The molecular formula is C14H22N2O3. The molecule has 5 nitrogen and oxygen atoms in total. The molecule has 1 aliphatic heterocycles. The first-order valence-corrected chi connectivity index (χ1v) is 6.84. The molecular weight excluding hydrogens is 244 g/mol. The molecule has 2 heterocycles. The van der Waals surface area contributed by atoms with Crippen molar-refractivity contribution >= 4 is 5.97 Å². The monoisotopic (exact) mass is 266 g/mol. The third kappa shape index (κ3) is 3.36. The number of likely N-dealkylation sites (tertiary alicyclic amines) is 1. The van der Waals surface area contributed by atoms with E-state index in [1.165, 1.54) is 6.26 Å². The second-order valence-electron chi connectivity index (χ2n) is 5.16. The highest BCUT2D eigenvalue weighted by atomic mass is 16.4. The van der Waals surface area contributed by atoms with E-state index in [1.807, 2.05) is 0 Å². The average molecular weight is 266 g/mol. The number of hydrogen-bond acceptors (Lipinski definition) is 4. The van der Waals surface area contributed by atoms with Gasteiger partial charge in [-0.15, -0.1) is 0 Å². The van der Waals surface area contributed by atoms with E-state index >= 15 is 0 Å². The van der Waals surface area contributed by atoms with Gasteiger partial charge in [0.15, 0.2) is 0 Å². The van der Waals surface area contributed by atoms with E-state index in [2.05, 4.69) is 23.8 Å². The van der Waals surface area contributed by atoms with Gasteiger partial charge in [0.05, 0.1) is 6.26 Å². The zero-order valence-electron chi connectivity index (χ0n) is 11.6. The molecule has 1 aliphatic rings. The van der Waals surface area contributed by atoms with Crippen LogP contribution in [0.25, 0.3) is 0 Å². The molecule has 0 saturated carbocycles. The summed E-state index contributed by atoms with van der Waals surface area (Å²) in [7, 11) is 2.06. The van der Waals surface area contributed by atoms with Gasteiger partial charge in [0.1, 0.15) is 0 Å². The summed E-state index contributed by atoms with van der Waals surface area (Å²) in [6, 6.07) is 2.28. The van der Waals surface area contributed by atoms with Crippen molar-refractivity contribution in [3.63, 3.8) is 0 Å². The van der Waals surface area contributed by atoms with Crippen LogP contribution in [0, 0.1) is 0 Å². The van der Waals surface area contributed by atoms with Crippen molar-refractivity contribution in [1.82, 2.24) is 9.80 Å². The lowest BCUT2D eigenvalue weighted by atomic mass is 10.0. The Labute approximate surface area is 113 Å².